The van der Waals surface area contributed by atoms with Gasteiger partial charge in [0.2, 0.25) is 10.0 Å². The first-order chi connectivity index (χ1) is 9.80. The monoisotopic (exact) mass is 368 g/mol. The predicted octanol–water partition coefficient (Wildman–Crippen LogP) is 3.53. The van der Waals surface area contributed by atoms with Gasteiger partial charge in [0.05, 0.1) is 10.7 Å². The van der Waals surface area contributed by atoms with E-state index in [9.17, 15) is 8.42 Å². The third-order valence-electron chi connectivity index (χ3n) is 3.84. The highest BCUT2D eigenvalue weighted by atomic mass is 35.5. The molecule has 0 aromatic heterocycles. The molecule has 0 spiro atoms. The Labute approximate surface area is 139 Å². The second kappa shape index (κ2) is 6.54. The molecule has 1 aromatic carbocycles. The molecular formula is C13H18Cl2N2O2S2. The molecule has 1 fully saturated rings. The molecule has 2 rings (SSSR count). The first-order valence-corrected chi connectivity index (χ1v) is 10.1. The Hall–Kier alpha value is -0.140. The van der Waals surface area contributed by atoms with Gasteiger partial charge in [0.1, 0.15) is 4.90 Å². The van der Waals surface area contributed by atoms with Crippen LogP contribution in [-0.2, 0) is 10.0 Å². The maximum absolute atomic E-state index is 12.5. The fourth-order valence-electron chi connectivity index (χ4n) is 2.63. The van der Waals surface area contributed by atoms with E-state index in [4.69, 9.17) is 28.9 Å². The van der Waals surface area contributed by atoms with Crippen molar-refractivity contribution in [2.24, 2.45) is 0 Å². The van der Waals surface area contributed by atoms with Crippen LogP contribution >= 0.6 is 35.0 Å². The molecule has 3 N–H and O–H groups in total. The molecule has 1 aliphatic carbocycles. The minimum Gasteiger partial charge on any atom is -0.398 e. The number of hydrogen-bond acceptors (Lipinski definition) is 4. The Morgan fingerprint density at radius 2 is 1.95 bits per heavy atom. The summed E-state index contributed by atoms with van der Waals surface area (Å²) >= 11 is 13.5. The van der Waals surface area contributed by atoms with E-state index >= 15 is 0 Å². The smallest absolute Gasteiger partial charge is 0.244 e. The van der Waals surface area contributed by atoms with Crippen LogP contribution in [0.4, 0.5) is 5.69 Å². The van der Waals surface area contributed by atoms with Gasteiger partial charge in [0, 0.05) is 16.3 Å². The van der Waals surface area contributed by atoms with Crippen LogP contribution in [0.5, 0.6) is 0 Å². The van der Waals surface area contributed by atoms with E-state index < -0.39 is 10.0 Å². The van der Waals surface area contributed by atoms with E-state index in [0.717, 1.165) is 25.7 Å². The topological polar surface area (TPSA) is 72.2 Å². The van der Waals surface area contributed by atoms with Crippen LogP contribution in [-0.4, -0.2) is 26.0 Å². The van der Waals surface area contributed by atoms with E-state index in [0.29, 0.717) is 11.6 Å². The van der Waals surface area contributed by atoms with E-state index in [-0.39, 0.29) is 20.4 Å². The van der Waals surface area contributed by atoms with Gasteiger partial charge in [-0.25, -0.2) is 13.1 Å². The Morgan fingerprint density at radius 1 is 1.33 bits per heavy atom. The first-order valence-electron chi connectivity index (χ1n) is 6.59. The van der Waals surface area contributed by atoms with Gasteiger partial charge < -0.3 is 5.73 Å². The van der Waals surface area contributed by atoms with Crippen LogP contribution in [0.15, 0.2) is 17.0 Å². The van der Waals surface area contributed by atoms with E-state index in [1.54, 1.807) is 11.8 Å². The van der Waals surface area contributed by atoms with Crippen molar-refractivity contribution in [1.82, 2.24) is 4.72 Å². The zero-order valence-corrected chi connectivity index (χ0v) is 14.8. The first kappa shape index (κ1) is 17.2. The third-order valence-corrected chi connectivity index (χ3v) is 7.40. The average molecular weight is 369 g/mol. The lowest BCUT2D eigenvalue weighted by molar-refractivity contribution is 0.551. The summed E-state index contributed by atoms with van der Waals surface area (Å²) in [5.74, 6) is 0. The van der Waals surface area contributed by atoms with Gasteiger partial charge in [-0.1, -0.05) is 36.0 Å². The lowest BCUT2D eigenvalue weighted by Gasteiger charge is -2.27. The van der Waals surface area contributed by atoms with Crippen LogP contribution in [0.1, 0.15) is 25.7 Å². The zero-order valence-electron chi connectivity index (χ0n) is 11.7. The quantitative estimate of drug-likeness (QED) is 0.779. The molecule has 0 unspecified atom stereocenters. The highest BCUT2D eigenvalue weighted by Gasteiger charge is 2.35. The number of anilines is 1. The second-order valence-electron chi connectivity index (χ2n) is 5.22. The number of nitrogens with two attached hydrogens (primary N) is 1. The molecular weight excluding hydrogens is 351 g/mol. The predicted molar refractivity (Wildman–Crippen MR) is 90.8 cm³/mol. The normalized spacial score (nSPS) is 18.0. The van der Waals surface area contributed by atoms with Crippen molar-refractivity contribution < 1.29 is 8.42 Å². The van der Waals surface area contributed by atoms with Crippen molar-refractivity contribution in [2.75, 3.05) is 18.5 Å². The van der Waals surface area contributed by atoms with Gasteiger partial charge in [-0.15, -0.1) is 0 Å². The largest absolute Gasteiger partial charge is 0.398 e. The highest BCUT2D eigenvalue weighted by molar-refractivity contribution is 8.00. The van der Waals surface area contributed by atoms with Gasteiger partial charge in [-0.3, -0.25) is 0 Å². The molecule has 21 heavy (non-hydrogen) atoms. The maximum Gasteiger partial charge on any atom is 0.244 e. The van der Waals surface area contributed by atoms with Gasteiger partial charge in [-0.05, 0) is 31.2 Å². The fourth-order valence-corrected chi connectivity index (χ4v) is 5.75. The molecule has 1 aliphatic rings. The van der Waals surface area contributed by atoms with E-state index in [2.05, 4.69) is 4.72 Å². The van der Waals surface area contributed by atoms with Crippen molar-refractivity contribution in [1.29, 1.82) is 0 Å². The number of halogens is 2. The number of rotatable bonds is 5. The van der Waals surface area contributed by atoms with Gasteiger partial charge >= 0.3 is 0 Å². The number of hydrogen-bond donors (Lipinski definition) is 2. The minimum atomic E-state index is -3.75. The third kappa shape index (κ3) is 3.79. The van der Waals surface area contributed by atoms with Crippen LogP contribution < -0.4 is 10.5 Å². The Kier molecular flexibility index (Phi) is 5.36. The summed E-state index contributed by atoms with van der Waals surface area (Å²) in [7, 11) is -3.75. The summed E-state index contributed by atoms with van der Waals surface area (Å²) in [5.41, 5.74) is 5.82. The van der Waals surface area contributed by atoms with Crippen molar-refractivity contribution in [3.63, 3.8) is 0 Å². The zero-order chi connectivity index (χ0) is 15.7. The van der Waals surface area contributed by atoms with Crippen molar-refractivity contribution >= 4 is 50.7 Å². The number of benzene rings is 1. The summed E-state index contributed by atoms with van der Waals surface area (Å²) in [6, 6.07) is 2.77. The SMILES string of the molecule is CSC1(CNS(=O)(=O)c2c(N)cc(Cl)cc2Cl)CCCC1. The van der Waals surface area contributed by atoms with E-state index in [1.807, 2.05) is 6.26 Å². The molecule has 118 valence electrons. The standard InChI is InChI=1S/C13H18Cl2N2O2S2/c1-20-13(4-2-3-5-13)8-17-21(18,19)12-10(15)6-9(14)7-11(12)16/h6-7,17H,2-5,8,16H2,1H3. The van der Waals surface area contributed by atoms with Crippen molar-refractivity contribution in [3.8, 4) is 0 Å². The summed E-state index contributed by atoms with van der Waals surface area (Å²) < 4.78 is 27.6. The molecule has 8 heteroatoms. The lowest BCUT2D eigenvalue weighted by Crippen LogP contribution is -2.38. The van der Waals surface area contributed by atoms with Crippen molar-refractivity contribution in [3.05, 3.63) is 22.2 Å². The van der Waals surface area contributed by atoms with E-state index in [1.165, 1.54) is 12.1 Å². The molecule has 1 saturated carbocycles. The molecule has 0 bridgehead atoms. The van der Waals surface area contributed by atoms with Gasteiger partial charge in [0.15, 0.2) is 0 Å². The Balaban J connectivity index is 2.23. The molecule has 1 aromatic rings. The number of thioether (sulfide) groups is 1. The van der Waals surface area contributed by atoms with Crippen LogP contribution in [0, 0.1) is 0 Å². The molecule has 0 radical (unpaired) electrons. The molecule has 0 saturated heterocycles. The maximum atomic E-state index is 12.5. The fraction of sp³-hybridized carbons (Fsp3) is 0.538. The van der Waals surface area contributed by atoms with Crippen molar-refractivity contribution in [2.45, 2.75) is 35.3 Å². The van der Waals surface area contributed by atoms with Crippen LogP contribution in [0.25, 0.3) is 0 Å². The second-order valence-corrected chi connectivity index (χ2v) is 9.05. The summed E-state index contributed by atoms with van der Waals surface area (Å²) in [6.45, 7) is 0.384. The summed E-state index contributed by atoms with van der Waals surface area (Å²) in [4.78, 5) is -0.0946. The average Bonchev–Trinajstić information content (AvgIpc) is 2.84. The van der Waals surface area contributed by atoms with Gasteiger partial charge in [0.25, 0.3) is 0 Å². The molecule has 0 aliphatic heterocycles. The Morgan fingerprint density at radius 3 is 2.48 bits per heavy atom. The minimum absolute atomic E-state index is 0.0271. The number of nitrogens with one attached hydrogen (secondary N) is 1. The molecule has 4 nitrogen and oxygen atoms in total. The summed E-state index contributed by atoms with van der Waals surface area (Å²) in [5, 5.41) is 0.352. The lowest BCUT2D eigenvalue weighted by atomic mass is 10.1. The van der Waals surface area contributed by atoms with Crippen LogP contribution in [0.2, 0.25) is 10.0 Å². The van der Waals surface area contributed by atoms with Crippen LogP contribution in [0.3, 0.4) is 0 Å². The molecule has 0 atom stereocenters. The molecule has 0 heterocycles. The number of sulfonamides is 1. The van der Waals surface area contributed by atoms with Gasteiger partial charge in [-0.2, -0.15) is 11.8 Å². The Bertz CT molecular complexity index is 606. The summed E-state index contributed by atoms with van der Waals surface area (Å²) in [6.07, 6.45) is 6.31. The number of nitrogen functional groups attached to an aromatic ring is 1. The highest BCUT2D eigenvalue weighted by Crippen LogP contribution is 2.40. The molecule has 0 amide bonds.